The molecule has 4 rings (SSSR count). The van der Waals surface area contributed by atoms with E-state index >= 15 is 0 Å². The Labute approximate surface area is 238 Å². The molecule has 2 aromatic carbocycles. The molecular weight excluding hydrogens is 522 g/mol. The van der Waals surface area contributed by atoms with Crippen LogP contribution in [0.15, 0.2) is 65.8 Å². The number of aromatic nitrogens is 1. The van der Waals surface area contributed by atoms with Crippen molar-refractivity contribution in [1.82, 2.24) is 9.88 Å². The van der Waals surface area contributed by atoms with Gasteiger partial charge in [-0.2, -0.15) is 0 Å². The highest BCUT2D eigenvalue weighted by molar-refractivity contribution is 6.13. The fourth-order valence-corrected chi connectivity index (χ4v) is 4.30. The molecule has 0 saturated carbocycles. The lowest BCUT2D eigenvalue weighted by Gasteiger charge is -2.29. The molecule has 2 amide bonds. The number of piperidine rings is 1. The summed E-state index contributed by atoms with van der Waals surface area (Å²) in [5.41, 5.74) is 2.07. The molecule has 1 saturated heterocycles. The molecule has 1 aromatic heterocycles. The van der Waals surface area contributed by atoms with Gasteiger partial charge in [-0.1, -0.05) is 12.0 Å². The molecule has 1 fully saturated rings. The van der Waals surface area contributed by atoms with E-state index in [1.54, 1.807) is 60.9 Å². The maximum absolute atomic E-state index is 13.1. The van der Waals surface area contributed by atoms with E-state index < -0.39 is 11.8 Å². The third kappa shape index (κ3) is 7.48. The van der Waals surface area contributed by atoms with Gasteiger partial charge in [0, 0.05) is 30.4 Å². The second-order valence-electron chi connectivity index (χ2n) is 9.22. The molecule has 10 heteroatoms. The Morgan fingerprint density at radius 1 is 1.07 bits per heavy atom. The van der Waals surface area contributed by atoms with Crippen LogP contribution in [0.1, 0.15) is 46.0 Å². The molecule has 1 aliphatic heterocycles. The van der Waals surface area contributed by atoms with Crippen molar-refractivity contribution in [2.75, 3.05) is 37.4 Å². The van der Waals surface area contributed by atoms with Gasteiger partial charge in [0.2, 0.25) is 0 Å². The molecule has 0 atom stereocenters. The maximum Gasteiger partial charge on any atom is 0.309 e. The zero-order chi connectivity index (χ0) is 29.2. The predicted octanol–water partition coefficient (Wildman–Crippen LogP) is 4.51. The lowest BCUT2D eigenvalue weighted by molar-refractivity contribution is -0.149. The summed E-state index contributed by atoms with van der Waals surface area (Å²) in [6.07, 6.45) is 10.0. The third-order valence-corrected chi connectivity index (χ3v) is 6.55. The Morgan fingerprint density at radius 2 is 1.83 bits per heavy atom. The first-order chi connectivity index (χ1) is 19.9. The highest BCUT2D eigenvalue weighted by Crippen LogP contribution is 2.30. The minimum absolute atomic E-state index is 0.0654. The minimum atomic E-state index is -0.476. The highest BCUT2D eigenvalue weighted by Gasteiger charge is 2.25. The van der Waals surface area contributed by atoms with Gasteiger partial charge in [0.15, 0.2) is 0 Å². The van der Waals surface area contributed by atoms with Gasteiger partial charge in [-0.05, 0) is 68.3 Å². The van der Waals surface area contributed by atoms with Gasteiger partial charge in [-0.3, -0.25) is 14.4 Å². The van der Waals surface area contributed by atoms with Crippen molar-refractivity contribution in [2.45, 2.75) is 19.8 Å². The van der Waals surface area contributed by atoms with Crippen LogP contribution in [0, 0.1) is 18.3 Å². The van der Waals surface area contributed by atoms with Gasteiger partial charge in [0.25, 0.3) is 11.8 Å². The SMILES string of the molecule is C#Cc1ccc(NC(=O)c2cccc(OC)c2NC(=O)c2ccc(N=CN3CCC(C(=O)OCC)CC3)cc2)nc1. The van der Waals surface area contributed by atoms with Crippen LogP contribution in [-0.2, 0) is 9.53 Å². The molecule has 0 radical (unpaired) electrons. The van der Waals surface area contributed by atoms with Crippen molar-refractivity contribution in [3.8, 4) is 18.1 Å². The van der Waals surface area contributed by atoms with E-state index in [0.717, 1.165) is 12.8 Å². The molecule has 0 aliphatic carbocycles. The maximum atomic E-state index is 13.1. The Hall–Kier alpha value is -5.17. The topological polar surface area (TPSA) is 122 Å². The third-order valence-electron chi connectivity index (χ3n) is 6.55. The average molecular weight is 554 g/mol. The Bertz CT molecular complexity index is 1450. The van der Waals surface area contributed by atoms with Crippen LogP contribution in [0.2, 0.25) is 0 Å². The average Bonchev–Trinajstić information content (AvgIpc) is 3.01. The number of ether oxygens (including phenoxy) is 2. The molecule has 0 bridgehead atoms. The number of hydrogen-bond donors (Lipinski definition) is 2. The van der Waals surface area contributed by atoms with Crippen LogP contribution in [0.4, 0.5) is 17.2 Å². The summed E-state index contributed by atoms with van der Waals surface area (Å²) >= 11 is 0. The lowest BCUT2D eigenvalue weighted by Crippen LogP contribution is -2.36. The predicted molar refractivity (Wildman–Crippen MR) is 157 cm³/mol. The largest absolute Gasteiger partial charge is 0.495 e. The first-order valence-corrected chi connectivity index (χ1v) is 13.2. The summed E-state index contributed by atoms with van der Waals surface area (Å²) in [7, 11) is 1.46. The van der Waals surface area contributed by atoms with Crippen LogP contribution < -0.4 is 15.4 Å². The van der Waals surface area contributed by atoms with E-state index in [1.807, 2.05) is 6.92 Å². The molecule has 210 valence electrons. The molecule has 2 N–H and O–H groups in total. The van der Waals surface area contributed by atoms with Gasteiger partial charge >= 0.3 is 5.97 Å². The number of esters is 1. The monoisotopic (exact) mass is 553 g/mol. The van der Waals surface area contributed by atoms with E-state index in [9.17, 15) is 14.4 Å². The number of carbonyl (C=O) groups excluding carboxylic acids is 3. The number of anilines is 2. The standard InChI is InChI=1S/C31H31N5O5/c1-4-21-9-14-27(32-19-21)34-30(38)25-7-6-8-26(40-3)28(25)35-29(37)22-10-12-24(13-11-22)33-20-36-17-15-23(16-18-36)31(39)41-5-2/h1,6-14,19-20,23H,5,15-18H2,2-3H3,(H,35,37)(H,32,34,38). The molecule has 41 heavy (non-hydrogen) atoms. The van der Waals surface area contributed by atoms with E-state index in [-0.39, 0.29) is 23.1 Å². The van der Waals surface area contributed by atoms with Gasteiger partial charge in [0.1, 0.15) is 11.6 Å². The van der Waals surface area contributed by atoms with Crippen LogP contribution in [0.3, 0.4) is 0 Å². The van der Waals surface area contributed by atoms with Crippen LogP contribution in [0.25, 0.3) is 0 Å². The van der Waals surface area contributed by atoms with Crippen molar-refractivity contribution in [1.29, 1.82) is 0 Å². The Balaban J connectivity index is 1.40. The normalized spacial score (nSPS) is 13.3. The molecule has 10 nitrogen and oxygen atoms in total. The summed E-state index contributed by atoms with van der Waals surface area (Å²) in [6.45, 7) is 3.64. The zero-order valence-corrected chi connectivity index (χ0v) is 22.9. The summed E-state index contributed by atoms with van der Waals surface area (Å²) in [5, 5.41) is 5.51. The van der Waals surface area contributed by atoms with Gasteiger partial charge in [-0.25, -0.2) is 9.98 Å². The number of likely N-dealkylation sites (tertiary alicyclic amines) is 1. The van der Waals surface area contributed by atoms with Gasteiger partial charge in [0.05, 0.1) is 42.9 Å². The number of pyridine rings is 1. The number of carbonyl (C=O) groups is 3. The number of nitrogens with zero attached hydrogens (tertiary/aromatic N) is 3. The minimum Gasteiger partial charge on any atom is -0.495 e. The number of terminal acetylenes is 1. The summed E-state index contributed by atoms with van der Waals surface area (Å²) in [5.74, 6) is 2.02. The summed E-state index contributed by atoms with van der Waals surface area (Å²) in [4.78, 5) is 48.8. The fourth-order valence-electron chi connectivity index (χ4n) is 4.30. The number of aliphatic imine (C=N–C) groups is 1. The smallest absolute Gasteiger partial charge is 0.309 e. The van der Waals surface area contributed by atoms with E-state index in [1.165, 1.54) is 13.3 Å². The van der Waals surface area contributed by atoms with Crippen LogP contribution in [-0.4, -0.2) is 60.8 Å². The van der Waals surface area contributed by atoms with Gasteiger partial charge in [-0.15, -0.1) is 6.42 Å². The fraction of sp³-hybridized carbons (Fsp3) is 0.258. The van der Waals surface area contributed by atoms with E-state index in [2.05, 4.69) is 31.4 Å². The quantitative estimate of drug-likeness (QED) is 0.173. The van der Waals surface area contributed by atoms with Crippen LogP contribution in [0.5, 0.6) is 5.75 Å². The summed E-state index contributed by atoms with van der Waals surface area (Å²) < 4.78 is 10.5. The summed E-state index contributed by atoms with van der Waals surface area (Å²) in [6, 6.07) is 14.9. The zero-order valence-electron chi connectivity index (χ0n) is 22.9. The number of methoxy groups -OCH3 is 1. The van der Waals surface area contributed by atoms with Gasteiger partial charge < -0.3 is 25.0 Å². The van der Waals surface area contributed by atoms with Crippen LogP contribution >= 0.6 is 0 Å². The second kappa shape index (κ2) is 13.8. The Morgan fingerprint density at radius 3 is 2.46 bits per heavy atom. The molecule has 0 unspecified atom stereocenters. The van der Waals surface area contributed by atoms with Crippen molar-refractivity contribution in [3.63, 3.8) is 0 Å². The molecule has 3 aromatic rings. The first-order valence-electron chi connectivity index (χ1n) is 13.2. The molecule has 0 spiro atoms. The lowest BCUT2D eigenvalue weighted by atomic mass is 9.97. The molecule has 2 heterocycles. The second-order valence-corrected chi connectivity index (χ2v) is 9.22. The van der Waals surface area contributed by atoms with Crippen molar-refractivity contribution < 1.29 is 23.9 Å². The highest BCUT2D eigenvalue weighted by atomic mass is 16.5. The van der Waals surface area contributed by atoms with Crippen molar-refractivity contribution in [2.24, 2.45) is 10.9 Å². The number of amides is 2. The number of nitrogens with one attached hydrogen (secondary N) is 2. The number of rotatable bonds is 9. The number of hydrogen-bond acceptors (Lipinski definition) is 7. The number of para-hydroxylation sites is 1. The van der Waals surface area contributed by atoms with Crippen molar-refractivity contribution >= 4 is 41.3 Å². The number of benzene rings is 2. The first kappa shape index (κ1) is 28.8. The van der Waals surface area contributed by atoms with E-state index in [4.69, 9.17) is 15.9 Å². The van der Waals surface area contributed by atoms with E-state index in [0.29, 0.717) is 48.1 Å². The Kier molecular flexibility index (Phi) is 9.67. The molecular formula is C31H31N5O5. The van der Waals surface area contributed by atoms with Crippen molar-refractivity contribution in [3.05, 3.63) is 77.5 Å². The molecule has 1 aliphatic rings.